The summed E-state index contributed by atoms with van der Waals surface area (Å²) in [6, 6.07) is 4.49. The van der Waals surface area contributed by atoms with E-state index < -0.39 is 17.8 Å². The van der Waals surface area contributed by atoms with Crippen LogP contribution in [0.3, 0.4) is 0 Å². The van der Waals surface area contributed by atoms with E-state index in [1.807, 2.05) is 0 Å². The summed E-state index contributed by atoms with van der Waals surface area (Å²) in [6.45, 7) is 0. The second kappa shape index (κ2) is 4.71. The first kappa shape index (κ1) is 13.8. The molecule has 0 spiro atoms. The van der Waals surface area contributed by atoms with Crippen molar-refractivity contribution in [2.45, 2.75) is 24.9 Å². The Morgan fingerprint density at radius 2 is 2.00 bits per heavy atom. The first-order valence-electron chi connectivity index (χ1n) is 6.42. The Hall–Kier alpha value is -2.12. The lowest BCUT2D eigenvalue weighted by molar-refractivity contribution is -0.144. The molecule has 1 saturated carbocycles. The van der Waals surface area contributed by atoms with Crippen LogP contribution in [0.25, 0.3) is 5.69 Å². The molecule has 0 atom stereocenters. The monoisotopic (exact) mass is 300 g/mol. The zero-order chi connectivity index (χ0) is 15.2. The Bertz CT molecular complexity index is 673. The van der Waals surface area contributed by atoms with Crippen LogP contribution < -0.4 is 5.32 Å². The molecule has 0 amide bonds. The molecular formula is C13H12F4N4. The zero-order valence-corrected chi connectivity index (χ0v) is 11.1. The van der Waals surface area contributed by atoms with Gasteiger partial charge in [-0.1, -0.05) is 6.07 Å². The fourth-order valence-electron chi connectivity index (χ4n) is 2.13. The van der Waals surface area contributed by atoms with Crippen LogP contribution in [-0.4, -0.2) is 21.8 Å². The van der Waals surface area contributed by atoms with Crippen molar-refractivity contribution in [1.82, 2.24) is 14.8 Å². The lowest BCUT2D eigenvalue weighted by Gasteiger charge is -2.07. The Morgan fingerprint density at radius 3 is 2.52 bits per heavy atom. The minimum Gasteiger partial charge on any atom is -0.357 e. The summed E-state index contributed by atoms with van der Waals surface area (Å²) >= 11 is 0. The number of halogens is 4. The standard InChI is InChI=1S/C13H12F4N4/c1-18-12-19-11(13(15,16)17)20-21(12)10-5-4-8(6-9(10)14)7-2-3-7/h4-7H,2-3H2,1H3,(H,18,19,20). The van der Waals surface area contributed by atoms with Crippen molar-refractivity contribution in [2.75, 3.05) is 12.4 Å². The molecule has 0 saturated heterocycles. The van der Waals surface area contributed by atoms with Gasteiger partial charge in [-0.15, -0.1) is 5.10 Å². The molecule has 4 nitrogen and oxygen atoms in total. The van der Waals surface area contributed by atoms with Gasteiger partial charge in [-0.3, -0.25) is 0 Å². The Kier molecular flexibility index (Phi) is 3.11. The lowest BCUT2D eigenvalue weighted by Crippen LogP contribution is -2.09. The first-order valence-corrected chi connectivity index (χ1v) is 6.42. The SMILES string of the molecule is CNc1nc(C(F)(F)F)nn1-c1ccc(C2CC2)cc1F. The molecule has 1 heterocycles. The van der Waals surface area contributed by atoms with Gasteiger partial charge >= 0.3 is 6.18 Å². The zero-order valence-electron chi connectivity index (χ0n) is 11.1. The van der Waals surface area contributed by atoms with Gasteiger partial charge in [0, 0.05) is 7.05 Å². The van der Waals surface area contributed by atoms with Gasteiger partial charge in [0.15, 0.2) is 0 Å². The molecule has 0 radical (unpaired) electrons. The summed E-state index contributed by atoms with van der Waals surface area (Å²) in [7, 11) is 1.40. The number of aromatic nitrogens is 3. The molecule has 1 aliphatic carbocycles. The van der Waals surface area contributed by atoms with Crippen LogP contribution in [0.15, 0.2) is 18.2 Å². The summed E-state index contributed by atoms with van der Waals surface area (Å²) in [4.78, 5) is 3.34. The van der Waals surface area contributed by atoms with Crippen molar-refractivity contribution in [3.8, 4) is 5.69 Å². The topological polar surface area (TPSA) is 42.7 Å². The van der Waals surface area contributed by atoms with Crippen LogP contribution in [0.1, 0.15) is 30.1 Å². The summed E-state index contributed by atoms with van der Waals surface area (Å²) in [5, 5.41) is 5.84. The third-order valence-electron chi connectivity index (χ3n) is 3.33. The van der Waals surface area contributed by atoms with E-state index in [2.05, 4.69) is 15.4 Å². The van der Waals surface area contributed by atoms with Crippen LogP contribution in [0.4, 0.5) is 23.5 Å². The molecule has 21 heavy (non-hydrogen) atoms. The second-order valence-electron chi connectivity index (χ2n) is 4.90. The third-order valence-corrected chi connectivity index (χ3v) is 3.33. The predicted molar refractivity (Wildman–Crippen MR) is 67.8 cm³/mol. The van der Waals surface area contributed by atoms with Crippen molar-refractivity contribution in [3.63, 3.8) is 0 Å². The second-order valence-corrected chi connectivity index (χ2v) is 4.90. The van der Waals surface area contributed by atoms with Gasteiger partial charge in [0.25, 0.3) is 5.82 Å². The molecule has 1 N–H and O–H groups in total. The van der Waals surface area contributed by atoms with E-state index in [1.165, 1.54) is 19.2 Å². The van der Waals surface area contributed by atoms with E-state index in [4.69, 9.17) is 0 Å². The maximum atomic E-state index is 14.1. The number of hydrogen-bond acceptors (Lipinski definition) is 3. The molecule has 2 aromatic rings. The summed E-state index contributed by atoms with van der Waals surface area (Å²) in [5.41, 5.74) is 0.796. The van der Waals surface area contributed by atoms with Crippen molar-refractivity contribution in [2.24, 2.45) is 0 Å². The Balaban J connectivity index is 2.05. The fraction of sp³-hybridized carbons (Fsp3) is 0.385. The highest BCUT2D eigenvalue weighted by Crippen LogP contribution is 2.40. The van der Waals surface area contributed by atoms with E-state index in [1.54, 1.807) is 6.07 Å². The maximum Gasteiger partial charge on any atom is 0.453 e. The highest BCUT2D eigenvalue weighted by atomic mass is 19.4. The van der Waals surface area contributed by atoms with Crippen LogP contribution in [-0.2, 0) is 6.18 Å². The molecule has 112 valence electrons. The molecular weight excluding hydrogens is 288 g/mol. The van der Waals surface area contributed by atoms with Crippen molar-refractivity contribution >= 4 is 5.95 Å². The van der Waals surface area contributed by atoms with Gasteiger partial charge in [-0.05, 0) is 36.5 Å². The van der Waals surface area contributed by atoms with Gasteiger partial charge in [-0.25, -0.2) is 4.39 Å². The highest BCUT2D eigenvalue weighted by Gasteiger charge is 2.37. The normalized spacial score (nSPS) is 15.3. The number of anilines is 1. The summed E-state index contributed by atoms with van der Waals surface area (Å²) in [6.07, 6.45) is -2.65. The quantitative estimate of drug-likeness (QED) is 0.884. The molecule has 0 bridgehead atoms. The first-order chi connectivity index (χ1) is 9.90. The number of nitrogens with one attached hydrogen (secondary N) is 1. The molecule has 0 unspecified atom stereocenters. The average molecular weight is 300 g/mol. The number of nitrogens with zero attached hydrogens (tertiary/aromatic N) is 3. The number of benzene rings is 1. The van der Waals surface area contributed by atoms with Crippen LogP contribution in [0, 0.1) is 5.82 Å². The van der Waals surface area contributed by atoms with Crippen LogP contribution in [0.2, 0.25) is 0 Å². The molecule has 1 aromatic carbocycles. The molecule has 1 aliphatic rings. The number of hydrogen-bond donors (Lipinski definition) is 1. The minimum absolute atomic E-state index is 0.0632. The van der Waals surface area contributed by atoms with Gasteiger partial charge in [0.05, 0.1) is 0 Å². The lowest BCUT2D eigenvalue weighted by atomic mass is 10.1. The van der Waals surface area contributed by atoms with E-state index in [0.717, 1.165) is 23.1 Å². The number of rotatable bonds is 3. The molecule has 0 aliphatic heterocycles. The molecule has 1 aromatic heterocycles. The number of alkyl halides is 3. The van der Waals surface area contributed by atoms with Crippen LogP contribution >= 0.6 is 0 Å². The highest BCUT2D eigenvalue weighted by molar-refractivity contribution is 5.43. The Labute approximate surface area is 117 Å². The van der Waals surface area contributed by atoms with Gasteiger partial charge in [-0.2, -0.15) is 22.8 Å². The summed E-state index contributed by atoms with van der Waals surface area (Å²) < 4.78 is 52.9. The van der Waals surface area contributed by atoms with E-state index in [9.17, 15) is 17.6 Å². The summed E-state index contributed by atoms with van der Waals surface area (Å²) in [5.74, 6) is -1.73. The largest absolute Gasteiger partial charge is 0.453 e. The smallest absolute Gasteiger partial charge is 0.357 e. The maximum absolute atomic E-state index is 14.1. The predicted octanol–water partition coefficient (Wildman–Crippen LogP) is 3.34. The van der Waals surface area contributed by atoms with E-state index in [-0.39, 0.29) is 11.6 Å². The van der Waals surface area contributed by atoms with Gasteiger partial charge < -0.3 is 5.32 Å². The van der Waals surface area contributed by atoms with Crippen molar-refractivity contribution in [3.05, 3.63) is 35.4 Å². The fourth-order valence-corrected chi connectivity index (χ4v) is 2.13. The van der Waals surface area contributed by atoms with Crippen molar-refractivity contribution < 1.29 is 17.6 Å². The van der Waals surface area contributed by atoms with Crippen LogP contribution in [0.5, 0.6) is 0 Å². The average Bonchev–Trinajstić information content (AvgIpc) is 3.16. The van der Waals surface area contributed by atoms with Gasteiger partial charge in [0.2, 0.25) is 5.95 Å². The Morgan fingerprint density at radius 1 is 1.29 bits per heavy atom. The van der Waals surface area contributed by atoms with E-state index in [0.29, 0.717) is 5.92 Å². The van der Waals surface area contributed by atoms with Gasteiger partial charge in [0.1, 0.15) is 11.5 Å². The molecule has 8 heteroatoms. The van der Waals surface area contributed by atoms with Crippen molar-refractivity contribution in [1.29, 1.82) is 0 Å². The molecule has 1 fully saturated rings. The minimum atomic E-state index is -4.68. The molecule has 3 rings (SSSR count). The van der Waals surface area contributed by atoms with E-state index >= 15 is 0 Å². The third kappa shape index (κ3) is 2.57.